The van der Waals surface area contributed by atoms with Gasteiger partial charge < -0.3 is 4.74 Å². The van der Waals surface area contributed by atoms with Crippen molar-refractivity contribution in [2.45, 2.75) is 32.1 Å². The SMILES string of the molecule is CCOC(=O)C1(CC)Cc2ccccc21. The lowest BCUT2D eigenvalue weighted by Gasteiger charge is -2.41. The van der Waals surface area contributed by atoms with Gasteiger partial charge in [0.05, 0.1) is 12.0 Å². The number of fused-ring (bicyclic) bond motifs is 1. The first kappa shape index (κ1) is 10.2. The summed E-state index contributed by atoms with van der Waals surface area (Å²) in [6.07, 6.45) is 1.65. The Kier molecular flexibility index (Phi) is 2.51. The summed E-state index contributed by atoms with van der Waals surface area (Å²) in [4.78, 5) is 11.9. The molecule has 0 aromatic heterocycles. The molecule has 0 saturated carbocycles. The Morgan fingerprint density at radius 2 is 2.13 bits per heavy atom. The van der Waals surface area contributed by atoms with Gasteiger partial charge >= 0.3 is 5.97 Å². The number of hydrogen-bond donors (Lipinski definition) is 0. The van der Waals surface area contributed by atoms with Crippen LogP contribution in [0.25, 0.3) is 0 Å². The molecule has 1 aromatic rings. The predicted molar refractivity (Wildman–Crippen MR) is 58.7 cm³/mol. The highest BCUT2D eigenvalue weighted by molar-refractivity contribution is 5.87. The van der Waals surface area contributed by atoms with Crippen LogP contribution in [0.2, 0.25) is 0 Å². The topological polar surface area (TPSA) is 26.3 Å². The maximum absolute atomic E-state index is 11.9. The van der Waals surface area contributed by atoms with Crippen molar-refractivity contribution in [2.75, 3.05) is 6.61 Å². The number of carbonyl (C=O) groups is 1. The third-order valence-electron chi connectivity index (χ3n) is 3.29. The van der Waals surface area contributed by atoms with Crippen LogP contribution in [0.3, 0.4) is 0 Å². The van der Waals surface area contributed by atoms with Crippen molar-refractivity contribution in [3.63, 3.8) is 0 Å². The van der Waals surface area contributed by atoms with Crippen LogP contribution in [0.15, 0.2) is 24.3 Å². The van der Waals surface area contributed by atoms with Gasteiger partial charge in [-0.1, -0.05) is 31.2 Å². The number of ether oxygens (including phenoxy) is 1. The maximum Gasteiger partial charge on any atom is 0.316 e. The summed E-state index contributed by atoms with van der Waals surface area (Å²) in [5.41, 5.74) is 2.09. The molecule has 2 rings (SSSR count). The quantitative estimate of drug-likeness (QED) is 0.707. The lowest BCUT2D eigenvalue weighted by Crippen LogP contribution is -2.46. The minimum atomic E-state index is -0.355. The zero-order valence-electron chi connectivity index (χ0n) is 9.25. The molecular formula is C13H16O2. The Morgan fingerprint density at radius 1 is 1.40 bits per heavy atom. The number of esters is 1. The molecule has 15 heavy (non-hydrogen) atoms. The Morgan fingerprint density at radius 3 is 2.73 bits per heavy atom. The molecule has 1 unspecified atom stereocenters. The van der Waals surface area contributed by atoms with E-state index in [1.807, 2.05) is 32.0 Å². The van der Waals surface area contributed by atoms with Crippen LogP contribution in [-0.4, -0.2) is 12.6 Å². The summed E-state index contributed by atoms with van der Waals surface area (Å²) in [6.45, 7) is 4.36. The molecule has 0 bridgehead atoms. The van der Waals surface area contributed by atoms with Crippen molar-refractivity contribution in [3.05, 3.63) is 35.4 Å². The normalized spacial score (nSPS) is 22.8. The van der Waals surface area contributed by atoms with Crippen molar-refractivity contribution >= 4 is 5.97 Å². The van der Waals surface area contributed by atoms with Crippen molar-refractivity contribution in [3.8, 4) is 0 Å². The molecule has 0 radical (unpaired) electrons. The number of benzene rings is 1. The average Bonchev–Trinajstić information content (AvgIpc) is 2.21. The van der Waals surface area contributed by atoms with Crippen LogP contribution in [0.1, 0.15) is 31.4 Å². The van der Waals surface area contributed by atoms with Crippen molar-refractivity contribution in [1.82, 2.24) is 0 Å². The van der Waals surface area contributed by atoms with E-state index in [1.54, 1.807) is 0 Å². The zero-order chi connectivity index (χ0) is 10.9. The predicted octanol–water partition coefficient (Wildman–Crippen LogP) is 2.45. The Balaban J connectivity index is 2.32. The van der Waals surface area contributed by atoms with Crippen molar-refractivity contribution in [2.24, 2.45) is 0 Å². The summed E-state index contributed by atoms with van der Waals surface area (Å²) in [7, 11) is 0. The second-order valence-electron chi connectivity index (χ2n) is 3.99. The van der Waals surface area contributed by atoms with Crippen LogP contribution < -0.4 is 0 Å². The standard InChI is InChI=1S/C13H16O2/c1-3-13(12(14)15-4-2)9-10-7-5-6-8-11(10)13/h5-8H,3-4,9H2,1-2H3. The summed E-state index contributed by atoms with van der Waals surface area (Å²) < 4.78 is 5.16. The number of carbonyl (C=O) groups excluding carboxylic acids is 1. The second-order valence-corrected chi connectivity index (χ2v) is 3.99. The minimum Gasteiger partial charge on any atom is -0.465 e. The van der Waals surface area contributed by atoms with E-state index in [9.17, 15) is 4.79 Å². The van der Waals surface area contributed by atoms with Gasteiger partial charge in [-0.2, -0.15) is 0 Å². The molecular weight excluding hydrogens is 188 g/mol. The molecule has 2 heteroatoms. The van der Waals surface area contributed by atoms with Crippen LogP contribution in [0.5, 0.6) is 0 Å². The van der Waals surface area contributed by atoms with Gasteiger partial charge in [0.15, 0.2) is 0 Å². The van der Waals surface area contributed by atoms with E-state index < -0.39 is 0 Å². The maximum atomic E-state index is 11.9. The third-order valence-corrected chi connectivity index (χ3v) is 3.29. The largest absolute Gasteiger partial charge is 0.465 e. The van der Waals surface area contributed by atoms with Crippen molar-refractivity contribution in [1.29, 1.82) is 0 Å². The molecule has 1 aliphatic carbocycles. The van der Waals surface area contributed by atoms with Crippen LogP contribution in [0, 0.1) is 0 Å². The van der Waals surface area contributed by atoms with Crippen molar-refractivity contribution < 1.29 is 9.53 Å². The summed E-state index contributed by atoms with van der Waals surface area (Å²) in [5, 5.41) is 0. The van der Waals surface area contributed by atoms with Gasteiger partial charge in [0.2, 0.25) is 0 Å². The molecule has 80 valence electrons. The first-order valence-electron chi connectivity index (χ1n) is 5.50. The molecule has 0 heterocycles. The highest BCUT2D eigenvalue weighted by atomic mass is 16.5. The summed E-state index contributed by atoms with van der Waals surface area (Å²) in [6, 6.07) is 8.13. The lowest BCUT2D eigenvalue weighted by molar-refractivity contribution is -0.151. The van der Waals surface area contributed by atoms with Crippen LogP contribution in [-0.2, 0) is 21.4 Å². The molecule has 0 spiro atoms. The van der Waals surface area contributed by atoms with Gasteiger partial charge in [-0.25, -0.2) is 0 Å². The monoisotopic (exact) mass is 204 g/mol. The van der Waals surface area contributed by atoms with E-state index in [2.05, 4.69) is 6.07 Å². The first-order valence-corrected chi connectivity index (χ1v) is 5.50. The fourth-order valence-electron chi connectivity index (χ4n) is 2.37. The van der Waals surface area contributed by atoms with Gasteiger partial charge in [-0.3, -0.25) is 4.79 Å². The molecule has 2 nitrogen and oxygen atoms in total. The van der Waals surface area contributed by atoms with Crippen LogP contribution >= 0.6 is 0 Å². The molecule has 0 amide bonds. The second kappa shape index (κ2) is 3.69. The molecule has 1 aromatic carbocycles. The molecule has 1 aliphatic rings. The van der Waals surface area contributed by atoms with Gasteiger partial charge in [0.1, 0.15) is 0 Å². The third kappa shape index (κ3) is 1.36. The van der Waals surface area contributed by atoms with Crippen LogP contribution in [0.4, 0.5) is 0 Å². The fraction of sp³-hybridized carbons (Fsp3) is 0.462. The number of hydrogen-bond acceptors (Lipinski definition) is 2. The highest BCUT2D eigenvalue weighted by Crippen LogP contribution is 2.44. The molecule has 0 aliphatic heterocycles. The van der Waals surface area contributed by atoms with Gasteiger partial charge in [-0.15, -0.1) is 0 Å². The van der Waals surface area contributed by atoms with E-state index in [0.29, 0.717) is 6.61 Å². The minimum absolute atomic E-state index is 0.0637. The fourth-order valence-corrected chi connectivity index (χ4v) is 2.37. The molecule has 0 N–H and O–H groups in total. The lowest BCUT2D eigenvalue weighted by atomic mass is 9.62. The van der Waals surface area contributed by atoms with Gasteiger partial charge in [0.25, 0.3) is 0 Å². The average molecular weight is 204 g/mol. The van der Waals surface area contributed by atoms with E-state index in [4.69, 9.17) is 4.74 Å². The molecule has 0 fully saturated rings. The van der Waals surface area contributed by atoms with E-state index in [-0.39, 0.29) is 11.4 Å². The first-order chi connectivity index (χ1) is 7.24. The van der Waals surface area contributed by atoms with Gasteiger partial charge in [-0.05, 0) is 30.9 Å². The summed E-state index contributed by atoms with van der Waals surface area (Å²) in [5.74, 6) is -0.0637. The van der Waals surface area contributed by atoms with E-state index >= 15 is 0 Å². The molecule has 1 atom stereocenters. The Hall–Kier alpha value is -1.31. The molecule has 0 saturated heterocycles. The van der Waals surface area contributed by atoms with Gasteiger partial charge in [0, 0.05) is 0 Å². The summed E-state index contributed by atoms with van der Waals surface area (Å²) >= 11 is 0. The zero-order valence-corrected chi connectivity index (χ0v) is 9.25. The van der Waals surface area contributed by atoms with E-state index in [1.165, 1.54) is 5.56 Å². The number of rotatable bonds is 3. The smallest absolute Gasteiger partial charge is 0.316 e. The highest BCUT2D eigenvalue weighted by Gasteiger charge is 2.48. The Labute approximate surface area is 90.3 Å². The Bertz CT molecular complexity index is 384. The van der Waals surface area contributed by atoms with E-state index in [0.717, 1.165) is 18.4 Å².